The average molecular weight is 496 g/mol. The number of piperazine rings is 1. The van der Waals surface area contributed by atoms with Gasteiger partial charge in [-0.2, -0.15) is 5.26 Å². The summed E-state index contributed by atoms with van der Waals surface area (Å²) in [6.45, 7) is 3.27. The molecule has 2 heterocycles. The summed E-state index contributed by atoms with van der Waals surface area (Å²) in [6.07, 6.45) is 0.803. The Kier molecular flexibility index (Phi) is 7.69. The van der Waals surface area contributed by atoms with Crippen LogP contribution in [0.2, 0.25) is 5.02 Å². The predicted octanol–water partition coefficient (Wildman–Crippen LogP) is 4.19. The van der Waals surface area contributed by atoms with Crippen LogP contribution in [0.15, 0.2) is 42.5 Å². The molecule has 9 heteroatoms. The van der Waals surface area contributed by atoms with Crippen molar-refractivity contribution >= 4 is 34.1 Å². The monoisotopic (exact) mass is 495 g/mol. The molecule has 0 N–H and O–H groups in total. The molecule has 0 aliphatic carbocycles. The zero-order valence-corrected chi connectivity index (χ0v) is 20.6. The third-order valence-corrected chi connectivity index (χ3v) is 6.20. The van der Waals surface area contributed by atoms with Gasteiger partial charge in [0, 0.05) is 48.7 Å². The number of nitrogens with zero attached hydrogens (tertiary/aromatic N) is 5. The number of hydrogen-bond acceptors (Lipinski definition) is 6. The number of anilines is 1. The van der Waals surface area contributed by atoms with Crippen molar-refractivity contribution in [2.45, 2.75) is 6.42 Å². The molecule has 1 amide bonds. The molecule has 0 bridgehead atoms. The number of nitriles is 1. The lowest BCUT2D eigenvalue weighted by Gasteiger charge is -2.37. The molecule has 0 unspecified atom stereocenters. The Morgan fingerprint density at radius 1 is 1.17 bits per heavy atom. The highest BCUT2D eigenvalue weighted by Gasteiger charge is 2.27. The standard InChI is InChI=1S/C26H27ClFN5O2/c1-31(2)10-3-15-35-25-22(17-29)24(21-16-19(27)6-9-23(21)30-25)32-11-13-33(14-12-32)26(34)18-4-7-20(28)8-5-18/h4-9,16H,3,10-15H2,1-2H3. The minimum Gasteiger partial charge on any atom is -0.477 e. The van der Waals surface area contributed by atoms with Crippen LogP contribution >= 0.6 is 11.6 Å². The lowest BCUT2D eigenvalue weighted by atomic mass is 10.1. The second-order valence-electron chi connectivity index (χ2n) is 8.71. The molecule has 1 fully saturated rings. The summed E-state index contributed by atoms with van der Waals surface area (Å²) in [5, 5.41) is 11.4. The van der Waals surface area contributed by atoms with Gasteiger partial charge in [0.05, 0.1) is 17.8 Å². The van der Waals surface area contributed by atoms with Gasteiger partial charge in [0.2, 0.25) is 5.88 Å². The van der Waals surface area contributed by atoms with Gasteiger partial charge in [-0.15, -0.1) is 0 Å². The van der Waals surface area contributed by atoms with Crippen LogP contribution < -0.4 is 9.64 Å². The summed E-state index contributed by atoms with van der Waals surface area (Å²) in [6, 6.07) is 13.3. The maximum absolute atomic E-state index is 13.2. The molecule has 182 valence electrons. The topological polar surface area (TPSA) is 72.7 Å². The summed E-state index contributed by atoms with van der Waals surface area (Å²) >= 11 is 6.30. The molecular formula is C26H27ClFN5O2. The SMILES string of the molecule is CN(C)CCCOc1nc2ccc(Cl)cc2c(N2CCN(C(=O)c3ccc(F)cc3)CC2)c1C#N. The summed E-state index contributed by atoms with van der Waals surface area (Å²) in [5.74, 6) is -0.211. The second-order valence-corrected chi connectivity index (χ2v) is 9.14. The molecule has 2 aromatic carbocycles. The van der Waals surface area contributed by atoms with Gasteiger partial charge in [0.15, 0.2) is 0 Å². The lowest BCUT2D eigenvalue weighted by Crippen LogP contribution is -2.49. The number of fused-ring (bicyclic) bond motifs is 1. The minimum atomic E-state index is -0.377. The van der Waals surface area contributed by atoms with Gasteiger partial charge < -0.3 is 19.4 Å². The van der Waals surface area contributed by atoms with Crippen molar-refractivity contribution in [1.82, 2.24) is 14.8 Å². The third-order valence-electron chi connectivity index (χ3n) is 5.96. The average Bonchev–Trinajstić information content (AvgIpc) is 2.86. The summed E-state index contributed by atoms with van der Waals surface area (Å²) in [5.41, 5.74) is 2.22. The Labute approximate surface area is 209 Å². The van der Waals surface area contributed by atoms with E-state index in [1.165, 1.54) is 24.3 Å². The number of hydrogen-bond donors (Lipinski definition) is 0. The van der Waals surface area contributed by atoms with Crippen molar-refractivity contribution < 1.29 is 13.9 Å². The molecule has 1 saturated heterocycles. The van der Waals surface area contributed by atoms with Crippen LogP contribution in [0.3, 0.4) is 0 Å². The fraction of sp³-hybridized carbons (Fsp3) is 0.346. The van der Waals surface area contributed by atoms with Crippen LogP contribution in [0, 0.1) is 17.1 Å². The molecule has 1 aliphatic rings. The van der Waals surface area contributed by atoms with E-state index in [1.807, 2.05) is 26.2 Å². The Morgan fingerprint density at radius 3 is 2.54 bits per heavy atom. The number of carbonyl (C=O) groups excluding carboxylic acids is 1. The number of pyridine rings is 1. The molecule has 0 radical (unpaired) electrons. The second kappa shape index (κ2) is 10.9. The summed E-state index contributed by atoms with van der Waals surface area (Å²) in [7, 11) is 3.99. The molecule has 3 aromatic rings. The summed E-state index contributed by atoms with van der Waals surface area (Å²) in [4.78, 5) is 23.4. The Hall–Kier alpha value is -3.41. The van der Waals surface area contributed by atoms with E-state index in [-0.39, 0.29) is 11.7 Å². The fourth-order valence-corrected chi connectivity index (χ4v) is 4.36. The number of benzene rings is 2. The molecule has 0 spiro atoms. The predicted molar refractivity (Wildman–Crippen MR) is 135 cm³/mol. The van der Waals surface area contributed by atoms with Gasteiger partial charge >= 0.3 is 0 Å². The minimum absolute atomic E-state index is 0.141. The Balaban J connectivity index is 1.60. The quantitative estimate of drug-likeness (QED) is 0.458. The van der Waals surface area contributed by atoms with Crippen molar-refractivity contribution in [2.24, 2.45) is 0 Å². The van der Waals surface area contributed by atoms with Crippen molar-refractivity contribution in [3.63, 3.8) is 0 Å². The van der Waals surface area contributed by atoms with E-state index in [2.05, 4.69) is 20.9 Å². The van der Waals surface area contributed by atoms with E-state index in [0.29, 0.717) is 60.3 Å². The van der Waals surface area contributed by atoms with Gasteiger partial charge in [-0.25, -0.2) is 9.37 Å². The van der Waals surface area contributed by atoms with Crippen molar-refractivity contribution in [2.75, 3.05) is 58.3 Å². The van der Waals surface area contributed by atoms with E-state index in [4.69, 9.17) is 16.3 Å². The number of amides is 1. The lowest BCUT2D eigenvalue weighted by molar-refractivity contribution is 0.0747. The zero-order valence-electron chi connectivity index (χ0n) is 19.8. The highest BCUT2D eigenvalue weighted by molar-refractivity contribution is 6.31. The Morgan fingerprint density at radius 2 is 1.89 bits per heavy atom. The van der Waals surface area contributed by atoms with Crippen LogP contribution in [-0.4, -0.2) is 74.1 Å². The largest absolute Gasteiger partial charge is 0.477 e. The maximum Gasteiger partial charge on any atom is 0.253 e. The van der Waals surface area contributed by atoms with Crippen molar-refractivity contribution in [1.29, 1.82) is 5.26 Å². The van der Waals surface area contributed by atoms with Crippen LogP contribution in [0.25, 0.3) is 10.9 Å². The van der Waals surface area contributed by atoms with Gasteiger partial charge in [0.25, 0.3) is 5.91 Å². The van der Waals surface area contributed by atoms with Crippen molar-refractivity contribution in [3.8, 4) is 11.9 Å². The first-order valence-corrected chi connectivity index (χ1v) is 11.9. The molecule has 4 rings (SSSR count). The molecule has 35 heavy (non-hydrogen) atoms. The van der Waals surface area contributed by atoms with Gasteiger partial charge in [-0.1, -0.05) is 11.6 Å². The number of ether oxygens (including phenoxy) is 1. The van der Waals surface area contributed by atoms with E-state index in [1.54, 1.807) is 11.0 Å². The number of carbonyl (C=O) groups is 1. The molecular weight excluding hydrogens is 469 g/mol. The van der Waals surface area contributed by atoms with Gasteiger partial charge in [-0.3, -0.25) is 4.79 Å². The number of aromatic nitrogens is 1. The normalized spacial score (nSPS) is 13.8. The third kappa shape index (κ3) is 5.64. The molecule has 0 atom stereocenters. The maximum atomic E-state index is 13.2. The first-order chi connectivity index (χ1) is 16.9. The van der Waals surface area contributed by atoms with E-state index in [0.717, 1.165) is 24.0 Å². The van der Waals surface area contributed by atoms with Crippen LogP contribution in [-0.2, 0) is 0 Å². The van der Waals surface area contributed by atoms with Crippen molar-refractivity contribution in [3.05, 3.63) is 64.4 Å². The van der Waals surface area contributed by atoms with Gasteiger partial charge in [0.1, 0.15) is 17.4 Å². The first kappa shape index (κ1) is 24.7. The first-order valence-electron chi connectivity index (χ1n) is 11.5. The van der Waals surface area contributed by atoms with E-state index < -0.39 is 0 Å². The Bertz CT molecular complexity index is 1250. The van der Waals surface area contributed by atoms with Crippen LogP contribution in [0.5, 0.6) is 5.88 Å². The van der Waals surface area contributed by atoms with Gasteiger partial charge in [-0.05, 0) is 63.0 Å². The van der Waals surface area contributed by atoms with Crippen LogP contribution in [0.1, 0.15) is 22.3 Å². The highest BCUT2D eigenvalue weighted by Crippen LogP contribution is 2.37. The molecule has 1 aliphatic heterocycles. The molecule has 0 saturated carbocycles. The number of rotatable bonds is 7. The fourth-order valence-electron chi connectivity index (χ4n) is 4.19. The molecule has 1 aromatic heterocycles. The van der Waals surface area contributed by atoms with Crippen LogP contribution in [0.4, 0.5) is 10.1 Å². The van der Waals surface area contributed by atoms with E-state index in [9.17, 15) is 14.4 Å². The zero-order chi connectivity index (χ0) is 24.9. The summed E-state index contributed by atoms with van der Waals surface area (Å²) < 4.78 is 19.2. The molecule has 7 nitrogen and oxygen atoms in total. The highest BCUT2D eigenvalue weighted by atomic mass is 35.5. The smallest absolute Gasteiger partial charge is 0.253 e. The van der Waals surface area contributed by atoms with E-state index >= 15 is 0 Å². The number of halogens is 2.